The number of rotatable bonds is 4. The van der Waals surface area contributed by atoms with E-state index in [0.717, 1.165) is 12.8 Å². The van der Waals surface area contributed by atoms with E-state index in [1.165, 1.54) is 19.3 Å². The van der Waals surface area contributed by atoms with Gasteiger partial charge in [0.2, 0.25) is 10.0 Å². The molecule has 1 N–H and O–H groups in total. The Bertz CT molecular complexity index is 542. The highest BCUT2D eigenvalue weighted by Gasteiger charge is 2.25. The van der Waals surface area contributed by atoms with Gasteiger partial charge in [0.05, 0.1) is 11.4 Å². The van der Waals surface area contributed by atoms with Crippen molar-refractivity contribution in [1.82, 2.24) is 14.5 Å². The minimum atomic E-state index is -3.43. The molecule has 1 aromatic heterocycles. The van der Waals surface area contributed by atoms with Crippen LogP contribution < -0.4 is 4.72 Å². The number of hydrogen-bond donors (Lipinski definition) is 1. The Kier molecular flexibility index (Phi) is 4.30. The molecular formula is C13H23N3O2S. The first-order chi connectivity index (χ1) is 8.92. The molecule has 1 fully saturated rings. The molecule has 0 amide bonds. The predicted octanol–water partition coefficient (Wildman–Crippen LogP) is 1.90. The smallest absolute Gasteiger partial charge is 0.244 e. The van der Waals surface area contributed by atoms with Gasteiger partial charge in [-0.3, -0.25) is 4.68 Å². The molecule has 1 aliphatic carbocycles. The van der Waals surface area contributed by atoms with Gasteiger partial charge in [-0.1, -0.05) is 19.3 Å². The fourth-order valence-electron chi connectivity index (χ4n) is 2.83. The highest BCUT2D eigenvalue weighted by molar-refractivity contribution is 7.89. The number of nitrogens with one attached hydrogen (secondary N) is 1. The van der Waals surface area contributed by atoms with E-state index in [1.807, 2.05) is 0 Å². The van der Waals surface area contributed by atoms with Crippen LogP contribution in [0.1, 0.15) is 43.5 Å². The number of aromatic nitrogens is 2. The van der Waals surface area contributed by atoms with Crippen LogP contribution in [0, 0.1) is 19.8 Å². The lowest BCUT2D eigenvalue weighted by atomic mass is 9.90. The van der Waals surface area contributed by atoms with E-state index < -0.39 is 10.0 Å². The van der Waals surface area contributed by atoms with Gasteiger partial charge in [0.25, 0.3) is 0 Å². The van der Waals surface area contributed by atoms with Gasteiger partial charge in [-0.2, -0.15) is 5.10 Å². The molecule has 0 atom stereocenters. The summed E-state index contributed by atoms with van der Waals surface area (Å²) in [7, 11) is -1.67. The molecule has 6 heteroatoms. The molecular weight excluding hydrogens is 262 g/mol. The normalized spacial score (nSPS) is 17.8. The van der Waals surface area contributed by atoms with E-state index in [1.54, 1.807) is 25.6 Å². The van der Waals surface area contributed by atoms with Crippen LogP contribution >= 0.6 is 0 Å². The van der Waals surface area contributed by atoms with Crippen molar-refractivity contribution in [3.05, 3.63) is 11.4 Å². The van der Waals surface area contributed by atoms with Crippen molar-refractivity contribution in [3.63, 3.8) is 0 Å². The third kappa shape index (κ3) is 3.17. The van der Waals surface area contributed by atoms with Crippen LogP contribution in [0.25, 0.3) is 0 Å². The molecule has 19 heavy (non-hydrogen) atoms. The maximum Gasteiger partial charge on any atom is 0.244 e. The third-order valence-electron chi connectivity index (χ3n) is 4.00. The van der Waals surface area contributed by atoms with E-state index >= 15 is 0 Å². The van der Waals surface area contributed by atoms with Crippen molar-refractivity contribution in [3.8, 4) is 0 Å². The summed E-state index contributed by atoms with van der Waals surface area (Å²) in [6.07, 6.45) is 5.99. The molecule has 0 saturated heterocycles. The number of aryl methyl sites for hydroxylation is 2. The largest absolute Gasteiger partial charge is 0.271 e. The second-order valence-electron chi connectivity index (χ2n) is 5.48. The van der Waals surface area contributed by atoms with Crippen molar-refractivity contribution in [2.24, 2.45) is 13.0 Å². The van der Waals surface area contributed by atoms with E-state index in [4.69, 9.17) is 0 Å². The minimum absolute atomic E-state index is 0.339. The molecule has 1 aromatic rings. The standard InChI is InChI=1S/C13H23N3O2S/c1-10-13(11(2)16(3)15-10)19(17,18)14-9-12-7-5-4-6-8-12/h12,14H,4-9H2,1-3H3. The first-order valence-electron chi connectivity index (χ1n) is 6.91. The Morgan fingerprint density at radius 3 is 2.42 bits per heavy atom. The van der Waals surface area contributed by atoms with Gasteiger partial charge in [-0.05, 0) is 32.6 Å². The summed E-state index contributed by atoms with van der Waals surface area (Å²) < 4.78 is 29.1. The van der Waals surface area contributed by atoms with Crippen LogP contribution in [0.4, 0.5) is 0 Å². The van der Waals surface area contributed by atoms with E-state index in [-0.39, 0.29) is 0 Å². The Hall–Kier alpha value is -0.880. The number of hydrogen-bond acceptors (Lipinski definition) is 3. The van der Waals surface area contributed by atoms with Crippen molar-refractivity contribution in [2.45, 2.75) is 50.8 Å². The average Bonchev–Trinajstić information content (AvgIpc) is 2.63. The van der Waals surface area contributed by atoms with Crippen LogP contribution in [0.5, 0.6) is 0 Å². The van der Waals surface area contributed by atoms with Crippen molar-refractivity contribution in [1.29, 1.82) is 0 Å². The van der Waals surface area contributed by atoms with Gasteiger partial charge in [0.1, 0.15) is 4.90 Å². The van der Waals surface area contributed by atoms with Gasteiger partial charge < -0.3 is 0 Å². The third-order valence-corrected chi connectivity index (χ3v) is 5.67. The minimum Gasteiger partial charge on any atom is -0.271 e. The van der Waals surface area contributed by atoms with E-state index in [0.29, 0.717) is 28.7 Å². The second-order valence-corrected chi connectivity index (χ2v) is 7.18. The molecule has 0 aromatic carbocycles. The van der Waals surface area contributed by atoms with Crippen molar-refractivity contribution >= 4 is 10.0 Å². The van der Waals surface area contributed by atoms with E-state index in [9.17, 15) is 8.42 Å². The first kappa shape index (κ1) is 14.5. The zero-order valence-corrected chi connectivity index (χ0v) is 12.8. The molecule has 0 unspecified atom stereocenters. The molecule has 0 bridgehead atoms. The fourth-order valence-corrected chi connectivity index (χ4v) is 4.38. The molecule has 108 valence electrons. The molecule has 1 aliphatic rings. The maximum atomic E-state index is 12.4. The molecule has 2 rings (SSSR count). The first-order valence-corrected chi connectivity index (χ1v) is 8.40. The van der Waals surface area contributed by atoms with Gasteiger partial charge in [0, 0.05) is 13.6 Å². The summed E-state index contributed by atoms with van der Waals surface area (Å²) in [5.74, 6) is 0.487. The Labute approximate surface area is 115 Å². The maximum absolute atomic E-state index is 12.4. The quantitative estimate of drug-likeness (QED) is 0.919. The Morgan fingerprint density at radius 1 is 1.26 bits per heavy atom. The molecule has 1 heterocycles. The lowest BCUT2D eigenvalue weighted by molar-refractivity contribution is 0.357. The summed E-state index contributed by atoms with van der Waals surface area (Å²) in [6.45, 7) is 4.08. The monoisotopic (exact) mass is 285 g/mol. The van der Waals surface area contributed by atoms with Crippen LogP contribution in [-0.4, -0.2) is 24.7 Å². The Morgan fingerprint density at radius 2 is 1.89 bits per heavy atom. The van der Waals surface area contributed by atoms with Crippen LogP contribution in [0.3, 0.4) is 0 Å². The van der Waals surface area contributed by atoms with Gasteiger partial charge >= 0.3 is 0 Å². The highest BCUT2D eigenvalue weighted by Crippen LogP contribution is 2.24. The molecule has 1 saturated carbocycles. The van der Waals surface area contributed by atoms with E-state index in [2.05, 4.69) is 9.82 Å². The zero-order chi connectivity index (χ0) is 14.0. The van der Waals surface area contributed by atoms with Gasteiger partial charge in [-0.15, -0.1) is 0 Å². The zero-order valence-electron chi connectivity index (χ0n) is 11.9. The van der Waals surface area contributed by atoms with Gasteiger partial charge in [-0.25, -0.2) is 13.1 Å². The highest BCUT2D eigenvalue weighted by atomic mass is 32.2. The Balaban J connectivity index is 2.09. The van der Waals surface area contributed by atoms with Crippen LogP contribution in [0.2, 0.25) is 0 Å². The number of sulfonamides is 1. The van der Waals surface area contributed by atoms with Crippen molar-refractivity contribution < 1.29 is 8.42 Å². The SMILES string of the molecule is Cc1nn(C)c(C)c1S(=O)(=O)NCC1CCCCC1. The summed E-state index contributed by atoms with van der Waals surface area (Å²) in [5.41, 5.74) is 1.25. The average molecular weight is 285 g/mol. The van der Waals surface area contributed by atoms with Gasteiger partial charge in [0.15, 0.2) is 0 Å². The van der Waals surface area contributed by atoms with Crippen molar-refractivity contribution in [2.75, 3.05) is 6.54 Å². The fraction of sp³-hybridized carbons (Fsp3) is 0.769. The van der Waals surface area contributed by atoms with Crippen LogP contribution in [-0.2, 0) is 17.1 Å². The number of nitrogens with zero attached hydrogens (tertiary/aromatic N) is 2. The summed E-state index contributed by atoms with van der Waals surface area (Å²) >= 11 is 0. The summed E-state index contributed by atoms with van der Waals surface area (Å²) in [4.78, 5) is 0.339. The second kappa shape index (κ2) is 5.63. The lowest BCUT2D eigenvalue weighted by Gasteiger charge is -2.21. The molecule has 0 aliphatic heterocycles. The molecule has 0 spiro atoms. The lowest BCUT2D eigenvalue weighted by Crippen LogP contribution is -2.31. The predicted molar refractivity (Wildman–Crippen MR) is 74.4 cm³/mol. The van der Waals surface area contributed by atoms with Crippen LogP contribution in [0.15, 0.2) is 4.90 Å². The topological polar surface area (TPSA) is 64.0 Å². The summed E-state index contributed by atoms with van der Waals surface area (Å²) in [6, 6.07) is 0. The molecule has 5 nitrogen and oxygen atoms in total. The molecule has 0 radical (unpaired) electrons. The summed E-state index contributed by atoms with van der Waals surface area (Å²) in [5, 5.41) is 4.17.